The molecule has 0 saturated carbocycles. The van der Waals surface area contributed by atoms with Gasteiger partial charge in [-0.05, 0) is 36.4 Å². The van der Waals surface area contributed by atoms with E-state index in [1.165, 1.54) is 41.7 Å². The maximum Gasteiger partial charge on any atom is 0.234 e. The molecule has 1 aliphatic heterocycles. The molecule has 1 N–H and O–H groups in total. The second-order valence-corrected chi connectivity index (χ2v) is 7.86. The molecule has 1 aromatic heterocycles. The van der Waals surface area contributed by atoms with E-state index in [1.807, 2.05) is 12.1 Å². The average molecular weight is 424 g/mol. The van der Waals surface area contributed by atoms with Crippen molar-refractivity contribution in [1.29, 1.82) is 0 Å². The topological polar surface area (TPSA) is 61.4 Å². The molecular formula is C22H22FN5OS. The van der Waals surface area contributed by atoms with Crippen LogP contribution in [0.15, 0.2) is 72.0 Å². The van der Waals surface area contributed by atoms with Crippen LogP contribution in [0.1, 0.15) is 0 Å². The Morgan fingerprint density at radius 3 is 2.40 bits per heavy atom. The Bertz CT molecular complexity index is 978. The number of piperazine rings is 1. The van der Waals surface area contributed by atoms with Crippen LogP contribution in [0.25, 0.3) is 0 Å². The molecule has 4 rings (SSSR count). The summed E-state index contributed by atoms with van der Waals surface area (Å²) in [5, 5.41) is 3.50. The Balaban J connectivity index is 1.30. The van der Waals surface area contributed by atoms with Gasteiger partial charge in [0.15, 0.2) is 0 Å². The van der Waals surface area contributed by atoms with Crippen molar-refractivity contribution < 1.29 is 9.18 Å². The number of hydrogen-bond donors (Lipinski definition) is 1. The largest absolute Gasteiger partial charge is 0.368 e. The average Bonchev–Trinajstić information content (AvgIpc) is 2.80. The van der Waals surface area contributed by atoms with Crippen LogP contribution >= 0.6 is 11.8 Å². The van der Waals surface area contributed by atoms with Crippen molar-refractivity contribution in [2.24, 2.45) is 0 Å². The molecular weight excluding hydrogens is 401 g/mol. The van der Waals surface area contributed by atoms with Crippen molar-refractivity contribution in [3.05, 3.63) is 72.8 Å². The molecule has 0 aliphatic carbocycles. The summed E-state index contributed by atoms with van der Waals surface area (Å²) >= 11 is 1.35. The summed E-state index contributed by atoms with van der Waals surface area (Å²) < 4.78 is 13.0. The van der Waals surface area contributed by atoms with E-state index < -0.39 is 0 Å². The fourth-order valence-electron chi connectivity index (χ4n) is 3.28. The van der Waals surface area contributed by atoms with E-state index in [1.54, 1.807) is 6.33 Å². The van der Waals surface area contributed by atoms with Gasteiger partial charge in [0.1, 0.15) is 23.0 Å². The maximum absolute atomic E-state index is 13.0. The molecule has 6 nitrogen and oxygen atoms in total. The summed E-state index contributed by atoms with van der Waals surface area (Å²) in [6.45, 7) is 3.61. The van der Waals surface area contributed by atoms with Crippen LogP contribution in [0.5, 0.6) is 0 Å². The highest BCUT2D eigenvalue weighted by Gasteiger charge is 2.19. The second kappa shape index (κ2) is 9.58. The molecule has 0 unspecified atom stereocenters. The van der Waals surface area contributed by atoms with E-state index in [0.29, 0.717) is 5.69 Å². The summed E-state index contributed by atoms with van der Waals surface area (Å²) in [5.41, 5.74) is 1.81. The highest BCUT2D eigenvalue weighted by molar-refractivity contribution is 7.99. The molecule has 30 heavy (non-hydrogen) atoms. The molecule has 154 valence electrons. The Labute approximate surface area is 179 Å². The van der Waals surface area contributed by atoms with Gasteiger partial charge in [0, 0.05) is 43.6 Å². The number of carbonyl (C=O) groups is 1. The predicted molar refractivity (Wildman–Crippen MR) is 119 cm³/mol. The van der Waals surface area contributed by atoms with Gasteiger partial charge in [0.2, 0.25) is 5.91 Å². The van der Waals surface area contributed by atoms with E-state index >= 15 is 0 Å². The Morgan fingerprint density at radius 1 is 0.967 bits per heavy atom. The van der Waals surface area contributed by atoms with Gasteiger partial charge in [0.05, 0.1) is 5.75 Å². The minimum absolute atomic E-state index is 0.164. The number of anilines is 3. The lowest BCUT2D eigenvalue weighted by molar-refractivity contribution is -0.113. The van der Waals surface area contributed by atoms with Crippen LogP contribution in [0.3, 0.4) is 0 Å². The number of amides is 1. The number of halogens is 1. The third-order valence-electron chi connectivity index (χ3n) is 4.83. The third-order valence-corrected chi connectivity index (χ3v) is 5.76. The highest BCUT2D eigenvalue weighted by atomic mass is 32.2. The summed E-state index contributed by atoms with van der Waals surface area (Å²) in [4.78, 5) is 25.4. The van der Waals surface area contributed by atoms with E-state index in [9.17, 15) is 9.18 Å². The van der Waals surface area contributed by atoms with Gasteiger partial charge >= 0.3 is 0 Å². The van der Waals surface area contributed by atoms with Crippen LogP contribution in [-0.2, 0) is 4.79 Å². The van der Waals surface area contributed by atoms with Gasteiger partial charge in [-0.25, -0.2) is 14.4 Å². The van der Waals surface area contributed by atoms with Gasteiger partial charge in [-0.15, -0.1) is 0 Å². The second-order valence-electron chi connectivity index (χ2n) is 6.87. The lowest BCUT2D eigenvalue weighted by Crippen LogP contribution is -2.46. The predicted octanol–water partition coefficient (Wildman–Crippen LogP) is 3.67. The van der Waals surface area contributed by atoms with E-state index in [4.69, 9.17) is 0 Å². The first kappa shape index (κ1) is 20.2. The molecule has 0 bridgehead atoms. The third kappa shape index (κ3) is 5.27. The fraction of sp³-hybridized carbons (Fsp3) is 0.227. The number of nitrogens with one attached hydrogen (secondary N) is 1. The fourth-order valence-corrected chi connectivity index (χ4v) is 3.95. The quantitative estimate of drug-likeness (QED) is 0.482. The molecule has 2 aromatic carbocycles. The summed E-state index contributed by atoms with van der Waals surface area (Å²) in [7, 11) is 0. The number of hydrogen-bond acceptors (Lipinski definition) is 6. The Morgan fingerprint density at radius 2 is 1.67 bits per heavy atom. The van der Waals surface area contributed by atoms with E-state index in [0.717, 1.165) is 37.0 Å². The first-order valence-electron chi connectivity index (χ1n) is 9.72. The molecule has 0 radical (unpaired) electrons. The van der Waals surface area contributed by atoms with E-state index in [-0.39, 0.29) is 17.5 Å². The lowest BCUT2D eigenvalue weighted by Gasteiger charge is -2.36. The first-order valence-corrected chi connectivity index (χ1v) is 10.7. The normalized spacial score (nSPS) is 13.9. The molecule has 0 spiro atoms. The molecule has 0 atom stereocenters. The minimum atomic E-state index is -0.333. The highest BCUT2D eigenvalue weighted by Crippen LogP contribution is 2.22. The lowest BCUT2D eigenvalue weighted by atomic mass is 10.2. The first-order chi connectivity index (χ1) is 14.7. The number of para-hydroxylation sites is 1. The van der Waals surface area contributed by atoms with Crippen LogP contribution in [-0.4, -0.2) is 47.8 Å². The molecule has 1 fully saturated rings. The molecule has 2 heterocycles. The van der Waals surface area contributed by atoms with Gasteiger partial charge < -0.3 is 15.1 Å². The zero-order valence-corrected chi connectivity index (χ0v) is 17.2. The molecule has 8 heteroatoms. The van der Waals surface area contributed by atoms with Gasteiger partial charge in [0.25, 0.3) is 0 Å². The SMILES string of the molecule is O=C(CSc1cc(N2CCN(c3ccccc3)CC2)ncn1)Nc1ccc(F)cc1. The number of aromatic nitrogens is 2. The van der Waals surface area contributed by atoms with Crippen molar-refractivity contribution in [2.75, 3.05) is 47.0 Å². The Kier molecular flexibility index (Phi) is 6.44. The van der Waals surface area contributed by atoms with E-state index in [2.05, 4.69) is 49.4 Å². The van der Waals surface area contributed by atoms with Crippen molar-refractivity contribution in [3.8, 4) is 0 Å². The van der Waals surface area contributed by atoms with Gasteiger partial charge in [-0.1, -0.05) is 30.0 Å². The molecule has 1 amide bonds. The van der Waals surface area contributed by atoms with Crippen LogP contribution in [0.4, 0.5) is 21.6 Å². The number of carbonyl (C=O) groups excluding carboxylic acids is 1. The summed E-state index contributed by atoms with van der Waals surface area (Å²) in [5.74, 6) is 0.596. The monoisotopic (exact) mass is 423 g/mol. The Hall–Kier alpha value is -3.13. The van der Waals surface area contributed by atoms with Gasteiger partial charge in [-0.3, -0.25) is 4.79 Å². The van der Waals surface area contributed by atoms with Crippen molar-refractivity contribution in [1.82, 2.24) is 9.97 Å². The van der Waals surface area contributed by atoms with Crippen LogP contribution in [0, 0.1) is 5.82 Å². The minimum Gasteiger partial charge on any atom is -0.368 e. The summed E-state index contributed by atoms with van der Waals surface area (Å²) in [6, 6.07) is 18.0. The number of thioether (sulfide) groups is 1. The van der Waals surface area contributed by atoms with Crippen LogP contribution in [0.2, 0.25) is 0 Å². The van der Waals surface area contributed by atoms with Crippen molar-refractivity contribution >= 4 is 34.9 Å². The molecule has 3 aromatic rings. The number of nitrogens with zero attached hydrogens (tertiary/aromatic N) is 4. The maximum atomic E-state index is 13.0. The van der Waals surface area contributed by atoms with Crippen molar-refractivity contribution in [2.45, 2.75) is 5.03 Å². The summed E-state index contributed by atoms with van der Waals surface area (Å²) in [6.07, 6.45) is 1.54. The van der Waals surface area contributed by atoms with Crippen LogP contribution < -0.4 is 15.1 Å². The number of rotatable bonds is 6. The zero-order chi connectivity index (χ0) is 20.8. The van der Waals surface area contributed by atoms with Crippen molar-refractivity contribution in [3.63, 3.8) is 0 Å². The molecule has 1 saturated heterocycles. The van der Waals surface area contributed by atoms with Gasteiger partial charge in [-0.2, -0.15) is 0 Å². The zero-order valence-electron chi connectivity index (χ0n) is 16.4. The number of benzene rings is 2. The molecule has 1 aliphatic rings. The standard InChI is InChI=1S/C22H22FN5OS/c23-17-6-8-18(9-7-17)26-21(29)15-30-22-14-20(24-16-25-22)28-12-10-27(11-13-28)19-4-2-1-3-5-19/h1-9,14,16H,10-13,15H2,(H,26,29). The smallest absolute Gasteiger partial charge is 0.234 e.